The van der Waals surface area contributed by atoms with Gasteiger partial charge in [0.05, 0.1) is 11.9 Å². The summed E-state index contributed by atoms with van der Waals surface area (Å²) in [7, 11) is 0. The van der Waals surface area contributed by atoms with Gasteiger partial charge in [0, 0.05) is 12.5 Å². The van der Waals surface area contributed by atoms with Crippen molar-refractivity contribution in [2.45, 2.75) is 6.42 Å². The van der Waals surface area contributed by atoms with E-state index in [1.54, 1.807) is 6.21 Å². The molecule has 2 rings (SSSR count). The van der Waals surface area contributed by atoms with Crippen molar-refractivity contribution in [3.05, 3.63) is 12.3 Å². The molecule has 0 radical (unpaired) electrons. The van der Waals surface area contributed by atoms with Gasteiger partial charge in [-0.3, -0.25) is 0 Å². The molecule has 0 bridgehead atoms. The molecule has 4 nitrogen and oxygen atoms in total. The van der Waals surface area contributed by atoms with Gasteiger partial charge in [-0.05, 0) is 12.6 Å². The maximum atomic E-state index is 10.7. The molecule has 0 aromatic heterocycles. The molecule has 1 N–H and O–H groups in total. The van der Waals surface area contributed by atoms with Crippen LogP contribution in [0.1, 0.15) is 6.42 Å². The van der Waals surface area contributed by atoms with Crippen molar-refractivity contribution < 1.29 is 4.79 Å². The van der Waals surface area contributed by atoms with Crippen molar-refractivity contribution in [1.82, 2.24) is 5.32 Å². The molecule has 1 unspecified atom stereocenters. The molecule has 0 aromatic rings. The molecule has 0 spiro atoms. The first-order valence-corrected chi connectivity index (χ1v) is 3.93. The zero-order valence-corrected chi connectivity index (χ0v) is 6.53. The van der Waals surface area contributed by atoms with Gasteiger partial charge in [-0.25, -0.2) is 4.79 Å². The average Bonchev–Trinajstić information content (AvgIpc) is 2.54. The summed E-state index contributed by atoms with van der Waals surface area (Å²) in [5.74, 6) is 0.265. The first kappa shape index (κ1) is 7.21. The number of amides is 2. The molecule has 4 heteroatoms. The van der Waals surface area contributed by atoms with Crippen LogP contribution in [0, 0.1) is 5.92 Å². The summed E-state index contributed by atoms with van der Waals surface area (Å²) in [5.41, 5.74) is 0.790. The van der Waals surface area contributed by atoms with Crippen molar-refractivity contribution in [1.29, 1.82) is 0 Å². The maximum absolute atomic E-state index is 10.7. The molecule has 12 heavy (non-hydrogen) atoms. The third-order valence-electron chi connectivity index (χ3n) is 1.96. The van der Waals surface area contributed by atoms with Crippen LogP contribution in [0.15, 0.2) is 22.3 Å². The third kappa shape index (κ3) is 1.28. The molecule has 0 aromatic carbocycles. The van der Waals surface area contributed by atoms with Gasteiger partial charge in [-0.1, -0.05) is 6.08 Å². The average molecular weight is 163 g/mol. The normalized spacial score (nSPS) is 27.2. The number of nitrogens with one attached hydrogen (secondary N) is 1. The summed E-state index contributed by atoms with van der Waals surface area (Å²) >= 11 is 0. The Labute approximate surface area is 70.1 Å². The summed E-state index contributed by atoms with van der Waals surface area (Å²) in [6.45, 7) is 0.933. The lowest BCUT2D eigenvalue weighted by Crippen LogP contribution is -2.23. The highest BCUT2D eigenvalue weighted by atomic mass is 16.2. The quantitative estimate of drug-likeness (QED) is 0.620. The monoisotopic (exact) mass is 163 g/mol. The van der Waals surface area contributed by atoms with Gasteiger partial charge in [0.25, 0.3) is 0 Å². The fourth-order valence-electron chi connectivity index (χ4n) is 1.32. The second kappa shape index (κ2) is 2.89. The van der Waals surface area contributed by atoms with Gasteiger partial charge in [0.15, 0.2) is 0 Å². The van der Waals surface area contributed by atoms with E-state index in [4.69, 9.17) is 0 Å². The fourth-order valence-corrected chi connectivity index (χ4v) is 1.32. The Kier molecular flexibility index (Phi) is 1.74. The van der Waals surface area contributed by atoms with Crippen molar-refractivity contribution in [2.75, 3.05) is 6.54 Å². The highest BCUT2D eigenvalue weighted by Gasteiger charge is 2.18. The number of hydrogen-bond donors (Lipinski definition) is 1. The Morgan fingerprint density at radius 2 is 2.50 bits per heavy atom. The Morgan fingerprint density at radius 1 is 1.58 bits per heavy atom. The SMILES string of the molecule is O=C1N=CC(C2C=CNCC2)=N1. The molecule has 2 aliphatic rings. The van der Waals surface area contributed by atoms with Gasteiger partial charge < -0.3 is 5.32 Å². The first-order chi connectivity index (χ1) is 5.86. The zero-order valence-electron chi connectivity index (χ0n) is 6.53. The summed E-state index contributed by atoms with van der Waals surface area (Å²) in [6, 6.07) is -0.378. The minimum Gasteiger partial charge on any atom is -0.391 e. The van der Waals surface area contributed by atoms with Crippen LogP contribution in [0.25, 0.3) is 0 Å². The molecule has 2 aliphatic heterocycles. The molecule has 0 saturated heterocycles. The predicted molar refractivity (Wildman–Crippen MR) is 46.6 cm³/mol. The van der Waals surface area contributed by atoms with E-state index in [-0.39, 0.29) is 11.9 Å². The van der Waals surface area contributed by atoms with Gasteiger partial charge >= 0.3 is 6.03 Å². The van der Waals surface area contributed by atoms with Gasteiger partial charge in [0.2, 0.25) is 0 Å². The Bertz CT molecular complexity index is 291. The second-order valence-corrected chi connectivity index (χ2v) is 2.79. The van der Waals surface area contributed by atoms with Gasteiger partial charge in [-0.2, -0.15) is 9.98 Å². The Balaban J connectivity index is 2.14. The van der Waals surface area contributed by atoms with Gasteiger partial charge in [-0.15, -0.1) is 0 Å². The molecule has 62 valence electrons. The van der Waals surface area contributed by atoms with Crippen molar-refractivity contribution in [3.8, 4) is 0 Å². The summed E-state index contributed by atoms with van der Waals surface area (Å²) in [4.78, 5) is 18.0. The lowest BCUT2D eigenvalue weighted by Gasteiger charge is -2.15. The number of urea groups is 1. The Hall–Kier alpha value is -1.45. The van der Waals surface area contributed by atoms with Crippen LogP contribution in [-0.2, 0) is 0 Å². The number of aliphatic imine (C=N–C) groups is 2. The summed E-state index contributed by atoms with van der Waals surface area (Å²) in [5, 5.41) is 3.08. The van der Waals surface area contributed by atoms with E-state index in [1.807, 2.05) is 12.3 Å². The number of nitrogens with zero attached hydrogens (tertiary/aromatic N) is 2. The highest BCUT2D eigenvalue weighted by molar-refractivity contribution is 6.38. The first-order valence-electron chi connectivity index (χ1n) is 3.93. The second-order valence-electron chi connectivity index (χ2n) is 2.79. The molecular weight excluding hydrogens is 154 g/mol. The van der Waals surface area contributed by atoms with Crippen LogP contribution in [0.5, 0.6) is 0 Å². The fraction of sp³-hybridized carbons (Fsp3) is 0.375. The van der Waals surface area contributed by atoms with E-state index < -0.39 is 0 Å². The van der Waals surface area contributed by atoms with Crippen LogP contribution in [0.3, 0.4) is 0 Å². The third-order valence-corrected chi connectivity index (χ3v) is 1.96. The standard InChI is InChI=1S/C8H9N3O/c12-8-10-5-7(11-8)6-1-3-9-4-2-6/h1,3,5-6,9H,2,4H2. The molecule has 2 amide bonds. The predicted octanol–water partition coefficient (Wildman–Crippen LogP) is 0.755. The van der Waals surface area contributed by atoms with E-state index in [9.17, 15) is 4.79 Å². The van der Waals surface area contributed by atoms with Crippen molar-refractivity contribution >= 4 is 18.0 Å². The van der Waals surface area contributed by atoms with Crippen LogP contribution in [0.4, 0.5) is 4.79 Å². The minimum atomic E-state index is -0.378. The molecule has 2 heterocycles. The van der Waals surface area contributed by atoms with E-state index in [0.29, 0.717) is 0 Å². The maximum Gasteiger partial charge on any atom is 0.367 e. The number of allylic oxidation sites excluding steroid dienone is 1. The summed E-state index contributed by atoms with van der Waals surface area (Å²) < 4.78 is 0. The van der Waals surface area contributed by atoms with E-state index >= 15 is 0 Å². The lowest BCUT2D eigenvalue weighted by atomic mass is 9.98. The number of rotatable bonds is 1. The van der Waals surface area contributed by atoms with Crippen LogP contribution >= 0.6 is 0 Å². The molecule has 1 atom stereocenters. The van der Waals surface area contributed by atoms with Crippen LogP contribution < -0.4 is 5.32 Å². The molecule has 0 aliphatic carbocycles. The molecule has 0 fully saturated rings. The van der Waals surface area contributed by atoms with Crippen LogP contribution in [-0.4, -0.2) is 24.5 Å². The topological polar surface area (TPSA) is 53.8 Å². The minimum absolute atomic E-state index is 0.265. The molecular formula is C8H9N3O. The highest BCUT2D eigenvalue weighted by Crippen LogP contribution is 2.12. The number of hydrogen-bond acceptors (Lipinski definition) is 2. The van der Waals surface area contributed by atoms with Crippen LogP contribution in [0.2, 0.25) is 0 Å². The lowest BCUT2D eigenvalue weighted by molar-refractivity contribution is 0.257. The molecule has 0 saturated carbocycles. The summed E-state index contributed by atoms with van der Waals surface area (Å²) in [6.07, 6.45) is 6.44. The van der Waals surface area contributed by atoms with E-state index in [2.05, 4.69) is 15.3 Å². The Morgan fingerprint density at radius 3 is 3.08 bits per heavy atom. The van der Waals surface area contributed by atoms with Gasteiger partial charge in [0.1, 0.15) is 0 Å². The van der Waals surface area contributed by atoms with E-state index in [0.717, 1.165) is 18.7 Å². The van der Waals surface area contributed by atoms with Crippen molar-refractivity contribution in [2.24, 2.45) is 15.9 Å². The smallest absolute Gasteiger partial charge is 0.367 e. The van der Waals surface area contributed by atoms with Crippen molar-refractivity contribution in [3.63, 3.8) is 0 Å². The zero-order chi connectivity index (χ0) is 8.39. The number of carbonyl (C=O) groups is 1. The number of carbonyl (C=O) groups excluding carboxylic acids is 1. The van der Waals surface area contributed by atoms with E-state index in [1.165, 1.54) is 0 Å². The largest absolute Gasteiger partial charge is 0.391 e.